The quantitative estimate of drug-likeness (QED) is 0.836. The zero-order valence-corrected chi connectivity index (χ0v) is 11.5. The topological polar surface area (TPSA) is 67.7 Å². The van der Waals surface area contributed by atoms with Gasteiger partial charge in [-0.05, 0) is 25.7 Å². The zero-order valence-electron chi connectivity index (χ0n) is 11.5. The van der Waals surface area contributed by atoms with Gasteiger partial charge in [-0.15, -0.1) is 0 Å². The van der Waals surface area contributed by atoms with Gasteiger partial charge >= 0.3 is 0 Å². The highest BCUT2D eigenvalue weighted by Gasteiger charge is 2.27. The van der Waals surface area contributed by atoms with Gasteiger partial charge in [0.2, 0.25) is 17.7 Å². The molecule has 0 aliphatic carbocycles. The molecule has 1 aliphatic heterocycles. The van der Waals surface area contributed by atoms with Crippen LogP contribution >= 0.6 is 0 Å². The smallest absolute Gasteiger partial charge is 0.232 e. The molecule has 6 nitrogen and oxygen atoms in total. The Hall–Kier alpha value is -1.56. The van der Waals surface area contributed by atoms with E-state index in [4.69, 9.17) is 14.6 Å². The Balaban J connectivity index is 2.19. The summed E-state index contributed by atoms with van der Waals surface area (Å²) in [4.78, 5) is 11.0. The predicted octanol–water partition coefficient (Wildman–Crippen LogP) is 1.24. The highest BCUT2D eigenvalue weighted by atomic mass is 16.5. The molecule has 0 spiro atoms. The van der Waals surface area contributed by atoms with Crippen molar-refractivity contribution in [3.8, 4) is 11.8 Å². The van der Waals surface area contributed by atoms with Gasteiger partial charge in [-0.25, -0.2) is 0 Å². The van der Waals surface area contributed by atoms with Crippen molar-refractivity contribution in [2.24, 2.45) is 0 Å². The van der Waals surface area contributed by atoms with Crippen molar-refractivity contribution in [3.05, 3.63) is 6.07 Å². The normalized spacial score (nSPS) is 18.7. The molecule has 0 bridgehead atoms. The van der Waals surface area contributed by atoms with Gasteiger partial charge in [0.05, 0.1) is 20.3 Å². The fourth-order valence-electron chi connectivity index (χ4n) is 2.46. The van der Waals surface area contributed by atoms with E-state index in [0.717, 1.165) is 32.2 Å². The minimum Gasteiger partial charge on any atom is -0.481 e. The summed E-state index contributed by atoms with van der Waals surface area (Å²) in [5, 5.41) is 8.96. The lowest BCUT2D eigenvalue weighted by Crippen LogP contribution is -2.31. The molecule has 1 saturated heterocycles. The molecule has 106 valence electrons. The number of anilines is 1. The highest BCUT2D eigenvalue weighted by Crippen LogP contribution is 2.28. The lowest BCUT2D eigenvalue weighted by atomic mass is 10.1. The van der Waals surface area contributed by atoms with Crippen molar-refractivity contribution < 1.29 is 14.6 Å². The lowest BCUT2D eigenvalue weighted by Gasteiger charge is -2.24. The van der Waals surface area contributed by atoms with Gasteiger partial charge in [-0.2, -0.15) is 9.97 Å². The summed E-state index contributed by atoms with van der Waals surface area (Å²) in [6, 6.07) is 2.06. The number of aliphatic hydroxyl groups is 1. The van der Waals surface area contributed by atoms with E-state index in [2.05, 4.69) is 14.9 Å². The van der Waals surface area contributed by atoms with Crippen LogP contribution in [0.3, 0.4) is 0 Å². The Bertz CT molecular complexity index is 392. The number of hydrogen-bond acceptors (Lipinski definition) is 6. The second-order valence-corrected chi connectivity index (χ2v) is 4.61. The van der Waals surface area contributed by atoms with Gasteiger partial charge in [0, 0.05) is 19.2 Å². The number of hydrogen-bond donors (Lipinski definition) is 1. The van der Waals surface area contributed by atoms with Crippen molar-refractivity contribution >= 4 is 5.95 Å². The zero-order chi connectivity index (χ0) is 13.7. The fraction of sp³-hybridized carbons (Fsp3) is 0.692. The van der Waals surface area contributed by atoms with Crippen molar-refractivity contribution in [2.45, 2.75) is 31.7 Å². The first-order chi connectivity index (χ1) is 9.28. The largest absolute Gasteiger partial charge is 0.481 e. The van der Waals surface area contributed by atoms with Crippen LogP contribution in [0.5, 0.6) is 11.8 Å². The molecule has 2 rings (SSSR count). The lowest BCUT2D eigenvalue weighted by molar-refractivity contribution is 0.279. The monoisotopic (exact) mass is 267 g/mol. The van der Waals surface area contributed by atoms with Crippen molar-refractivity contribution in [2.75, 3.05) is 32.3 Å². The number of methoxy groups -OCH3 is 2. The molecule has 1 aliphatic rings. The standard InChI is InChI=1S/C13H21N3O3/c1-18-11-9-12(19-2)15-13(14-11)16-7-3-5-10(16)6-4-8-17/h9-10,17H,3-8H2,1-2H3. The molecule has 0 radical (unpaired) electrons. The van der Waals surface area contributed by atoms with E-state index >= 15 is 0 Å². The van der Waals surface area contributed by atoms with Crippen LogP contribution in [-0.2, 0) is 0 Å². The summed E-state index contributed by atoms with van der Waals surface area (Å²) < 4.78 is 10.4. The van der Waals surface area contributed by atoms with Gasteiger partial charge in [-0.3, -0.25) is 0 Å². The number of aliphatic hydroxyl groups excluding tert-OH is 1. The fourth-order valence-corrected chi connectivity index (χ4v) is 2.46. The molecule has 1 aromatic rings. The van der Waals surface area contributed by atoms with Gasteiger partial charge in [0.25, 0.3) is 0 Å². The van der Waals surface area contributed by atoms with Crippen LogP contribution in [0.1, 0.15) is 25.7 Å². The summed E-state index contributed by atoms with van der Waals surface area (Å²) in [6.07, 6.45) is 4.00. The Morgan fingerprint density at radius 1 is 1.32 bits per heavy atom. The van der Waals surface area contributed by atoms with Crippen LogP contribution in [0.4, 0.5) is 5.95 Å². The Labute approximate surface area is 113 Å². The maximum absolute atomic E-state index is 8.96. The first-order valence-corrected chi connectivity index (χ1v) is 6.63. The van der Waals surface area contributed by atoms with E-state index in [1.54, 1.807) is 20.3 Å². The van der Waals surface area contributed by atoms with E-state index in [9.17, 15) is 0 Å². The maximum atomic E-state index is 8.96. The van der Waals surface area contributed by atoms with Gasteiger partial charge in [-0.1, -0.05) is 0 Å². The number of aromatic nitrogens is 2. The third-order valence-electron chi connectivity index (χ3n) is 3.42. The van der Waals surface area contributed by atoms with E-state index in [1.165, 1.54) is 0 Å². The summed E-state index contributed by atoms with van der Waals surface area (Å²) in [5.74, 6) is 1.67. The van der Waals surface area contributed by atoms with Gasteiger partial charge in [0.15, 0.2) is 0 Å². The summed E-state index contributed by atoms with van der Waals surface area (Å²) in [6.45, 7) is 1.17. The molecule has 1 N–H and O–H groups in total. The van der Waals surface area contributed by atoms with Crippen LogP contribution in [0.15, 0.2) is 6.07 Å². The molecule has 0 aromatic carbocycles. The molecule has 1 aromatic heterocycles. The third kappa shape index (κ3) is 3.26. The van der Waals surface area contributed by atoms with Crippen LogP contribution in [0.25, 0.3) is 0 Å². The Morgan fingerprint density at radius 3 is 2.58 bits per heavy atom. The average molecular weight is 267 g/mol. The molecule has 0 saturated carbocycles. The second-order valence-electron chi connectivity index (χ2n) is 4.61. The van der Waals surface area contributed by atoms with Crippen LogP contribution < -0.4 is 14.4 Å². The summed E-state index contributed by atoms with van der Waals surface area (Å²) in [5.41, 5.74) is 0. The van der Waals surface area contributed by atoms with Crippen LogP contribution in [-0.4, -0.2) is 48.5 Å². The number of nitrogens with zero attached hydrogens (tertiary/aromatic N) is 3. The van der Waals surface area contributed by atoms with Crippen LogP contribution in [0.2, 0.25) is 0 Å². The SMILES string of the molecule is COc1cc(OC)nc(N2CCCC2CCCO)n1. The van der Waals surface area contributed by atoms with E-state index in [1.807, 2.05) is 0 Å². The Kier molecular flexibility index (Phi) is 4.79. The Morgan fingerprint density at radius 2 is 2.00 bits per heavy atom. The predicted molar refractivity (Wildman–Crippen MR) is 71.8 cm³/mol. The minimum atomic E-state index is 0.229. The second kappa shape index (κ2) is 6.56. The highest BCUT2D eigenvalue weighted by molar-refractivity contribution is 5.39. The van der Waals surface area contributed by atoms with Crippen LogP contribution in [0, 0.1) is 0 Å². The number of ether oxygens (including phenoxy) is 2. The van der Waals surface area contributed by atoms with Crippen molar-refractivity contribution in [1.29, 1.82) is 0 Å². The molecular weight excluding hydrogens is 246 g/mol. The van der Waals surface area contributed by atoms with E-state index in [0.29, 0.717) is 23.8 Å². The minimum absolute atomic E-state index is 0.229. The third-order valence-corrected chi connectivity index (χ3v) is 3.42. The number of rotatable bonds is 6. The molecule has 0 amide bonds. The van der Waals surface area contributed by atoms with Gasteiger partial charge < -0.3 is 19.5 Å². The van der Waals surface area contributed by atoms with E-state index in [-0.39, 0.29) is 6.61 Å². The van der Waals surface area contributed by atoms with E-state index < -0.39 is 0 Å². The molecule has 1 atom stereocenters. The average Bonchev–Trinajstić information content (AvgIpc) is 2.92. The molecule has 1 unspecified atom stereocenters. The van der Waals surface area contributed by atoms with Gasteiger partial charge in [0.1, 0.15) is 0 Å². The summed E-state index contributed by atoms with van der Waals surface area (Å²) in [7, 11) is 3.16. The van der Waals surface area contributed by atoms with Crippen molar-refractivity contribution in [3.63, 3.8) is 0 Å². The molecule has 2 heterocycles. The van der Waals surface area contributed by atoms with Crippen molar-refractivity contribution in [1.82, 2.24) is 9.97 Å². The molecule has 1 fully saturated rings. The summed E-state index contributed by atoms with van der Waals surface area (Å²) >= 11 is 0. The first kappa shape index (κ1) is 13.9. The maximum Gasteiger partial charge on any atom is 0.232 e. The first-order valence-electron chi connectivity index (χ1n) is 6.63. The molecule has 19 heavy (non-hydrogen) atoms. The molecule has 6 heteroatoms. The molecular formula is C13H21N3O3.